The molecule has 0 radical (unpaired) electrons. The quantitative estimate of drug-likeness (QED) is 0.802. The molecule has 18 heavy (non-hydrogen) atoms. The third-order valence-corrected chi connectivity index (χ3v) is 2.95. The van der Waals surface area contributed by atoms with Crippen molar-refractivity contribution in [2.24, 2.45) is 5.73 Å². The van der Waals surface area contributed by atoms with Crippen molar-refractivity contribution < 1.29 is 4.79 Å². The van der Waals surface area contributed by atoms with E-state index in [2.05, 4.69) is 0 Å². The molecule has 4 heteroatoms. The number of carbonyl (C=O) groups is 1. The van der Waals surface area contributed by atoms with Gasteiger partial charge in [-0.15, -0.1) is 0 Å². The molecule has 0 heterocycles. The van der Waals surface area contributed by atoms with Gasteiger partial charge in [-0.2, -0.15) is 0 Å². The second kappa shape index (κ2) is 7.11. The zero-order chi connectivity index (χ0) is 13.5. The molecule has 2 N–H and O–H groups in total. The number of hydrogen-bond donors (Lipinski definition) is 1. The molecule has 0 aromatic heterocycles. The van der Waals surface area contributed by atoms with Gasteiger partial charge in [0.25, 0.3) is 0 Å². The lowest BCUT2D eigenvalue weighted by molar-refractivity contribution is -0.131. The van der Waals surface area contributed by atoms with Crippen molar-refractivity contribution in [3.8, 4) is 0 Å². The Kier molecular flexibility index (Phi) is 5.78. The van der Waals surface area contributed by atoms with E-state index >= 15 is 0 Å². The lowest BCUT2D eigenvalue weighted by atomic mass is 10.00. The van der Waals surface area contributed by atoms with E-state index in [-0.39, 0.29) is 11.8 Å². The highest BCUT2D eigenvalue weighted by Crippen LogP contribution is 2.17. The van der Waals surface area contributed by atoms with Crippen LogP contribution in [0.15, 0.2) is 30.3 Å². The van der Waals surface area contributed by atoms with Gasteiger partial charge in [-0.3, -0.25) is 4.79 Å². The molecule has 0 saturated carbocycles. The molecule has 1 atom stereocenters. The van der Waals surface area contributed by atoms with Gasteiger partial charge in [0.1, 0.15) is 0 Å². The van der Waals surface area contributed by atoms with E-state index in [1.165, 1.54) is 0 Å². The highest BCUT2D eigenvalue weighted by molar-refractivity contribution is 7.80. The summed E-state index contributed by atoms with van der Waals surface area (Å²) >= 11 is 4.89. The number of rotatable bonds is 6. The van der Waals surface area contributed by atoms with Crippen LogP contribution in [0.3, 0.4) is 0 Å². The van der Waals surface area contributed by atoms with Crippen molar-refractivity contribution in [1.82, 2.24) is 4.90 Å². The van der Waals surface area contributed by atoms with Crippen molar-refractivity contribution in [3.05, 3.63) is 35.9 Å². The maximum Gasteiger partial charge on any atom is 0.230 e. The molecule has 0 aliphatic rings. The molecule has 3 nitrogen and oxygen atoms in total. The van der Waals surface area contributed by atoms with Gasteiger partial charge in [-0.25, -0.2) is 0 Å². The Labute approximate surface area is 114 Å². The van der Waals surface area contributed by atoms with Gasteiger partial charge in [0.15, 0.2) is 0 Å². The normalized spacial score (nSPS) is 11.9. The van der Waals surface area contributed by atoms with Crippen molar-refractivity contribution in [2.45, 2.75) is 26.2 Å². The van der Waals surface area contributed by atoms with Crippen molar-refractivity contribution in [2.75, 3.05) is 13.1 Å². The van der Waals surface area contributed by atoms with E-state index in [1.807, 2.05) is 44.2 Å². The van der Waals surface area contributed by atoms with Crippen LogP contribution in [0.25, 0.3) is 0 Å². The van der Waals surface area contributed by atoms with Gasteiger partial charge >= 0.3 is 0 Å². The minimum atomic E-state index is -0.160. The number of thiocarbonyl (C=S) groups is 1. The maximum absolute atomic E-state index is 12.4. The van der Waals surface area contributed by atoms with Crippen molar-refractivity contribution in [1.29, 1.82) is 0 Å². The first-order valence-corrected chi connectivity index (χ1v) is 6.59. The number of benzene rings is 1. The fraction of sp³-hybridized carbons (Fsp3) is 0.429. The molecule has 0 fully saturated rings. The molecule has 0 aliphatic heterocycles. The van der Waals surface area contributed by atoms with Crippen LogP contribution in [0.2, 0.25) is 0 Å². The van der Waals surface area contributed by atoms with Gasteiger partial charge in [0.05, 0.1) is 17.5 Å². The van der Waals surface area contributed by atoms with E-state index in [1.54, 1.807) is 4.90 Å². The molecule has 1 unspecified atom stereocenters. The van der Waals surface area contributed by atoms with Crippen molar-refractivity contribution in [3.63, 3.8) is 0 Å². The molecule has 0 spiro atoms. The smallest absolute Gasteiger partial charge is 0.230 e. The number of nitrogens with zero attached hydrogens (tertiary/aromatic N) is 1. The molecule has 98 valence electrons. The SMILES string of the molecule is CCCN(CC(N)=S)C(=O)C(C)c1ccccc1. The van der Waals surface area contributed by atoms with Crippen LogP contribution in [-0.4, -0.2) is 28.9 Å². The second-order valence-corrected chi connectivity index (χ2v) is 4.88. The minimum absolute atomic E-state index is 0.0795. The first-order chi connectivity index (χ1) is 8.56. The fourth-order valence-electron chi connectivity index (χ4n) is 1.88. The topological polar surface area (TPSA) is 46.3 Å². The van der Waals surface area contributed by atoms with E-state index in [4.69, 9.17) is 18.0 Å². The Morgan fingerprint density at radius 3 is 2.50 bits per heavy atom. The zero-order valence-electron chi connectivity index (χ0n) is 10.9. The largest absolute Gasteiger partial charge is 0.392 e. The molecule has 1 amide bonds. The molecule has 0 aliphatic carbocycles. The van der Waals surface area contributed by atoms with Gasteiger partial charge in [0.2, 0.25) is 5.91 Å². The van der Waals surface area contributed by atoms with Crippen LogP contribution < -0.4 is 5.73 Å². The summed E-state index contributed by atoms with van der Waals surface area (Å²) in [7, 11) is 0. The molecule has 0 bridgehead atoms. The standard InChI is InChI=1S/C14H20N2OS/c1-3-9-16(10-13(15)18)14(17)11(2)12-7-5-4-6-8-12/h4-8,11H,3,9-10H2,1-2H3,(H2,15,18). The molecule has 0 saturated heterocycles. The van der Waals surface area contributed by atoms with Gasteiger partial charge in [-0.05, 0) is 18.9 Å². The maximum atomic E-state index is 12.4. The Balaban J connectivity index is 2.79. The highest BCUT2D eigenvalue weighted by atomic mass is 32.1. The highest BCUT2D eigenvalue weighted by Gasteiger charge is 2.21. The Bertz CT molecular complexity index is 406. The van der Waals surface area contributed by atoms with E-state index in [0.29, 0.717) is 18.1 Å². The Morgan fingerprint density at radius 1 is 1.39 bits per heavy atom. The second-order valence-electron chi connectivity index (χ2n) is 4.36. The van der Waals surface area contributed by atoms with E-state index in [9.17, 15) is 4.79 Å². The lowest BCUT2D eigenvalue weighted by Crippen LogP contribution is -2.40. The van der Waals surface area contributed by atoms with E-state index in [0.717, 1.165) is 12.0 Å². The summed E-state index contributed by atoms with van der Waals surface area (Å²) < 4.78 is 0. The third kappa shape index (κ3) is 4.11. The summed E-state index contributed by atoms with van der Waals surface area (Å²) in [5.74, 6) is -0.0806. The van der Waals surface area contributed by atoms with Gasteiger partial charge in [-0.1, -0.05) is 49.5 Å². The van der Waals surface area contributed by atoms with Crippen LogP contribution >= 0.6 is 12.2 Å². The average Bonchev–Trinajstić information content (AvgIpc) is 2.37. The monoisotopic (exact) mass is 264 g/mol. The molecular formula is C14H20N2OS. The van der Waals surface area contributed by atoms with Gasteiger partial charge in [0, 0.05) is 6.54 Å². The number of amides is 1. The fourth-order valence-corrected chi connectivity index (χ4v) is 2.04. The van der Waals surface area contributed by atoms with Crippen molar-refractivity contribution >= 4 is 23.1 Å². The van der Waals surface area contributed by atoms with Crippen LogP contribution in [0.1, 0.15) is 31.7 Å². The minimum Gasteiger partial charge on any atom is -0.392 e. The van der Waals surface area contributed by atoms with E-state index < -0.39 is 0 Å². The van der Waals surface area contributed by atoms with Crippen LogP contribution in [0.5, 0.6) is 0 Å². The van der Waals surface area contributed by atoms with Crippen LogP contribution in [-0.2, 0) is 4.79 Å². The zero-order valence-corrected chi connectivity index (χ0v) is 11.7. The molecule has 1 aromatic rings. The Hall–Kier alpha value is -1.42. The summed E-state index contributed by atoms with van der Waals surface area (Å²) in [6.45, 7) is 5.00. The Morgan fingerprint density at radius 2 is 2.00 bits per heavy atom. The van der Waals surface area contributed by atoms with Gasteiger partial charge < -0.3 is 10.6 Å². The van der Waals surface area contributed by atoms with Crippen LogP contribution in [0.4, 0.5) is 0 Å². The summed E-state index contributed by atoms with van der Waals surface area (Å²) in [6.07, 6.45) is 0.899. The average molecular weight is 264 g/mol. The number of hydrogen-bond acceptors (Lipinski definition) is 2. The third-order valence-electron chi connectivity index (χ3n) is 2.82. The first kappa shape index (κ1) is 14.6. The number of nitrogens with two attached hydrogens (primary N) is 1. The summed E-state index contributed by atoms with van der Waals surface area (Å²) in [5.41, 5.74) is 6.56. The number of carbonyl (C=O) groups excluding carboxylic acids is 1. The predicted molar refractivity (Wildman–Crippen MR) is 78.5 cm³/mol. The lowest BCUT2D eigenvalue weighted by Gasteiger charge is -2.25. The van der Waals surface area contributed by atoms with Crippen LogP contribution in [0, 0.1) is 0 Å². The molecule has 1 aromatic carbocycles. The summed E-state index contributed by atoms with van der Waals surface area (Å²) in [6, 6.07) is 9.76. The summed E-state index contributed by atoms with van der Waals surface area (Å²) in [5, 5.41) is 0. The molecular weight excluding hydrogens is 244 g/mol. The predicted octanol–water partition coefficient (Wildman–Crippen LogP) is 2.31. The summed E-state index contributed by atoms with van der Waals surface area (Å²) in [4.78, 5) is 14.5. The first-order valence-electron chi connectivity index (χ1n) is 6.18. The molecule has 1 rings (SSSR count).